The second-order valence-corrected chi connectivity index (χ2v) is 3.40. The molecule has 0 saturated heterocycles. The summed E-state index contributed by atoms with van der Waals surface area (Å²) in [6.45, 7) is 1.84. The van der Waals surface area contributed by atoms with Crippen LogP contribution in [0.15, 0.2) is 12.3 Å². The Morgan fingerprint density at radius 1 is 1.23 bits per heavy atom. The number of hydrogen-bond acceptors (Lipinski definition) is 3. The number of aromatic nitrogens is 3. The van der Waals surface area contributed by atoms with Crippen LogP contribution in [0.5, 0.6) is 0 Å². The molecule has 0 aliphatic rings. The minimum absolute atomic E-state index is 0.331. The third-order valence-corrected chi connectivity index (χ3v) is 2.04. The fraction of sp³-hybridized carbons (Fsp3) is 0.125. The highest BCUT2D eigenvalue weighted by Crippen LogP contribution is 2.21. The molecule has 0 unspecified atom stereocenters. The molecule has 0 N–H and O–H groups in total. The van der Waals surface area contributed by atoms with E-state index >= 15 is 0 Å². The number of fused-ring (bicyclic) bond motifs is 1. The van der Waals surface area contributed by atoms with Crippen molar-refractivity contribution in [1.82, 2.24) is 15.0 Å². The molecule has 2 heterocycles. The molecule has 0 spiro atoms. The lowest BCUT2D eigenvalue weighted by Gasteiger charge is -1.99. The molecule has 3 nitrogen and oxygen atoms in total. The van der Waals surface area contributed by atoms with Crippen molar-refractivity contribution in [2.45, 2.75) is 6.92 Å². The van der Waals surface area contributed by atoms with Crippen molar-refractivity contribution in [2.75, 3.05) is 0 Å². The third kappa shape index (κ3) is 1.57. The zero-order valence-electron chi connectivity index (χ0n) is 6.75. The molecule has 0 aliphatic carbocycles. The first-order chi connectivity index (χ1) is 6.16. The van der Waals surface area contributed by atoms with Crippen LogP contribution in [0.1, 0.15) is 5.69 Å². The quantitative estimate of drug-likeness (QED) is 0.632. The van der Waals surface area contributed by atoms with Gasteiger partial charge in [0.2, 0.25) is 0 Å². The van der Waals surface area contributed by atoms with E-state index in [0.717, 1.165) is 5.69 Å². The molecule has 0 radical (unpaired) electrons. The Labute approximate surface area is 84.7 Å². The van der Waals surface area contributed by atoms with Crippen LogP contribution in [0.2, 0.25) is 10.2 Å². The Morgan fingerprint density at radius 3 is 2.77 bits per heavy atom. The van der Waals surface area contributed by atoms with Crippen LogP contribution >= 0.6 is 23.2 Å². The molecule has 0 saturated carbocycles. The van der Waals surface area contributed by atoms with Crippen molar-refractivity contribution >= 4 is 34.4 Å². The van der Waals surface area contributed by atoms with Gasteiger partial charge < -0.3 is 0 Å². The maximum absolute atomic E-state index is 5.89. The Morgan fingerprint density at radius 2 is 2.00 bits per heavy atom. The zero-order chi connectivity index (χ0) is 9.42. The van der Waals surface area contributed by atoms with E-state index in [2.05, 4.69) is 15.0 Å². The second-order valence-electron chi connectivity index (χ2n) is 2.61. The van der Waals surface area contributed by atoms with Gasteiger partial charge in [0.25, 0.3) is 0 Å². The monoisotopic (exact) mass is 213 g/mol. The number of aryl methyl sites for hydroxylation is 1. The van der Waals surface area contributed by atoms with Crippen LogP contribution < -0.4 is 0 Å². The fourth-order valence-electron chi connectivity index (χ4n) is 1.02. The van der Waals surface area contributed by atoms with Gasteiger partial charge in [-0.3, -0.25) is 0 Å². The van der Waals surface area contributed by atoms with Gasteiger partial charge in [0, 0.05) is 6.20 Å². The van der Waals surface area contributed by atoms with Gasteiger partial charge in [-0.15, -0.1) is 0 Å². The van der Waals surface area contributed by atoms with Gasteiger partial charge in [-0.2, -0.15) is 0 Å². The van der Waals surface area contributed by atoms with Gasteiger partial charge in [-0.05, 0) is 13.0 Å². The average Bonchev–Trinajstić information content (AvgIpc) is 2.02. The summed E-state index contributed by atoms with van der Waals surface area (Å²) < 4.78 is 0. The molecule has 5 heteroatoms. The maximum atomic E-state index is 5.89. The molecule has 0 aromatic carbocycles. The van der Waals surface area contributed by atoms with E-state index in [-0.39, 0.29) is 0 Å². The van der Waals surface area contributed by atoms with Crippen LogP contribution in [0.25, 0.3) is 11.2 Å². The van der Waals surface area contributed by atoms with Crippen LogP contribution in [0.4, 0.5) is 0 Å². The van der Waals surface area contributed by atoms with E-state index in [9.17, 15) is 0 Å². The highest BCUT2D eigenvalue weighted by Gasteiger charge is 2.04. The Balaban J connectivity index is 2.86. The number of hydrogen-bond donors (Lipinski definition) is 0. The van der Waals surface area contributed by atoms with Crippen molar-refractivity contribution in [1.29, 1.82) is 0 Å². The van der Waals surface area contributed by atoms with E-state index < -0.39 is 0 Å². The van der Waals surface area contributed by atoms with Crippen molar-refractivity contribution in [3.8, 4) is 0 Å². The molecule has 0 fully saturated rings. The predicted molar refractivity (Wildman–Crippen MR) is 52.1 cm³/mol. The first-order valence-electron chi connectivity index (χ1n) is 3.62. The fourth-order valence-corrected chi connectivity index (χ4v) is 1.50. The van der Waals surface area contributed by atoms with Crippen molar-refractivity contribution in [3.05, 3.63) is 28.1 Å². The summed E-state index contributed by atoms with van der Waals surface area (Å²) >= 11 is 11.6. The molecule has 66 valence electrons. The first-order valence-corrected chi connectivity index (χ1v) is 4.38. The summed E-state index contributed by atoms with van der Waals surface area (Å²) in [4.78, 5) is 12.3. The first kappa shape index (κ1) is 8.66. The Kier molecular flexibility index (Phi) is 2.06. The minimum Gasteiger partial charge on any atom is -0.249 e. The molecule has 2 aromatic heterocycles. The van der Waals surface area contributed by atoms with Crippen molar-refractivity contribution in [2.24, 2.45) is 0 Å². The van der Waals surface area contributed by atoms with Crippen LogP contribution in [-0.2, 0) is 0 Å². The summed E-state index contributed by atoms with van der Waals surface area (Å²) in [5, 5.41) is 0.805. The van der Waals surface area contributed by atoms with Gasteiger partial charge in [0.15, 0.2) is 5.65 Å². The molecular formula is C8H5Cl2N3. The van der Waals surface area contributed by atoms with Gasteiger partial charge >= 0.3 is 0 Å². The van der Waals surface area contributed by atoms with Crippen molar-refractivity contribution < 1.29 is 0 Å². The Hall–Kier alpha value is -0.930. The molecule has 2 rings (SSSR count). The SMILES string of the molecule is Cc1cnc2c(Cl)cc(Cl)nc2n1. The zero-order valence-corrected chi connectivity index (χ0v) is 8.26. The summed E-state index contributed by atoms with van der Waals surface area (Å²) in [6.07, 6.45) is 1.64. The standard InChI is InChI=1S/C8H5Cl2N3/c1-4-3-11-7-5(9)2-6(10)13-8(7)12-4/h2-3H,1H3. The summed E-state index contributed by atoms with van der Waals surface area (Å²) in [7, 11) is 0. The van der Waals surface area contributed by atoms with Gasteiger partial charge in [-0.1, -0.05) is 23.2 Å². The number of nitrogens with zero attached hydrogens (tertiary/aromatic N) is 3. The van der Waals surface area contributed by atoms with E-state index in [4.69, 9.17) is 23.2 Å². The summed E-state index contributed by atoms with van der Waals surface area (Å²) in [6, 6.07) is 1.55. The number of pyridine rings is 1. The second kappa shape index (κ2) is 3.09. The minimum atomic E-state index is 0.331. The van der Waals surface area contributed by atoms with E-state index in [1.165, 1.54) is 0 Å². The normalized spacial score (nSPS) is 10.7. The summed E-state index contributed by atoms with van der Waals surface area (Å²) in [5.74, 6) is 0. The molecule has 0 aliphatic heterocycles. The highest BCUT2D eigenvalue weighted by molar-refractivity contribution is 6.37. The number of rotatable bonds is 0. The molecule has 13 heavy (non-hydrogen) atoms. The van der Waals surface area contributed by atoms with Crippen molar-refractivity contribution in [3.63, 3.8) is 0 Å². The lowest BCUT2D eigenvalue weighted by atomic mass is 10.4. The van der Waals surface area contributed by atoms with E-state index in [0.29, 0.717) is 21.3 Å². The predicted octanol–water partition coefficient (Wildman–Crippen LogP) is 2.64. The maximum Gasteiger partial charge on any atom is 0.181 e. The van der Waals surface area contributed by atoms with E-state index in [1.54, 1.807) is 12.3 Å². The molecular weight excluding hydrogens is 209 g/mol. The highest BCUT2D eigenvalue weighted by atomic mass is 35.5. The van der Waals surface area contributed by atoms with Crippen LogP contribution in [0.3, 0.4) is 0 Å². The lowest BCUT2D eigenvalue weighted by molar-refractivity contribution is 1.15. The molecule has 0 bridgehead atoms. The third-order valence-electron chi connectivity index (χ3n) is 1.56. The number of halogens is 2. The summed E-state index contributed by atoms with van der Waals surface area (Å²) in [5.41, 5.74) is 1.85. The molecule has 2 aromatic rings. The van der Waals surface area contributed by atoms with Gasteiger partial charge in [-0.25, -0.2) is 15.0 Å². The largest absolute Gasteiger partial charge is 0.249 e. The Bertz CT molecular complexity index is 465. The smallest absolute Gasteiger partial charge is 0.181 e. The average molecular weight is 214 g/mol. The van der Waals surface area contributed by atoms with Crippen LogP contribution in [0, 0.1) is 6.92 Å². The molecule has 0 atom stereocenters. The van der Waals surface area contributed by atoms with Crippen LogP contribution in [-0.4, -0.2) is 15.0 Å². The molecule has 0 amide bonds. The topological polar surface area (TPSA) is 38.7 Å². The lowest BCUT2D eigenvalue weighted by Crippen LogP contribution is -1.91. The van der Waals surface area contributed by atoms with Gasteiger partial charge in [0.05, 0.1) is 10.7 Å². The van der Waals surface area contributed by atoms with E-state index in [1.807, 2.05) is 6.92 Å². The van der Waals surface area contributed by atoms with Gasteiger partial charge in [0.1, 0.15) is 10.7 Å².